The molecule has 3 aromatic rings. The Kier molecular flexibility index (Phi) is 36.0. The third-order valence-corrected chi connectivity index (χ3v) is 9.82. The second kappa shape index (κ2) is 41.7. The van der Waals surface area contributed by atoms with Crippen LogP contribution in [0, 0.1) is 0 Å². The zero-order valence-electron chi connectivity index (χ0n) is 43.2. The Bertz CT molecular complexity index is 1910. The van der Waals surface area contributed by atoms with Gasteiger partial charge in [0.05, 0.1) is 40.1 Å². The van der Waals surface area contributed by atoms with Crippen molar-refractivity contribution in [1.82, 2.24) is 0 Å². The van der Waals surface area contributed by atoms with Crippen molar-refractivity contribution in [2.24, 2.45) is 0 Å². The maximum absolute atomic E-state index is 12.4. The van der Waals surface area contributed by atoms with E-state index in [0.717, 1.165) is 56.8 Å². The molecular formula is C56H80O16. The maximum atomic E-state index is 12.4. The number of hydrogen-bond acceptors (Lipinski definition) is 16. The van der Waals surface area contributed by atoms with E-state index < -0.39 is 24.1 Å². The summed E-state index contributed by atoms with van der Waals surface area (Å²) in [4.78, 5) is 47.3. The summed E-state index contributed by atoms with van der Waals surface area (Å²) in [6.45, 7) is 17.9. The van der Waals surface area contributed by atoms with E-state index in [0.29, 0.717) is 81.4 Å². The van der Waals surface area contributed by atoms with Crippen molar-refractivity contribution in [3.63, 3.8) is 0 Å². The van der Waals surface area contributed by atoms with Crippen molar-refractivity contribution < 1.29 is 76.0 Å². The highest BCUT2D eigenvalue weighted by Crippen LogP contribution is 2.19. The summed E-state index contributed by atoms with van der Waals surface area (Å²) in [5, 5.41) is 0. The van der Waals surface area contributed by atoms with Gasteiger partial charge in [0.15, 0.2) is 12.2 Å². The molecule has 0 saturated heterocycles. The number of carbonyl (C=O) groups is 4. The first-order valence-corrected chi connectivity index (χ1v) is 25.0. The number of esters is 4. The summed E-state index contributed by atoms with van der Waals surface area (Å²) in [6.07, 6.45) is 6.12. The fourth-order valence-electron chi connectivity index (χ4n) is 5.96. The van der Waals surface area contributed by atoms with Gasteiger partial charge >= 0.3 is 23.9 Å². The van der Waals surface area contributed by atoms with E-state index in [4.69, 9.17) is 56.8 Å². The molecule has 0 radical (unpaired) electrons. The van der Waals surface area contributed by atoms with Crippen molar-refractivity contribution >= 4 is 23.9 Å². The zero-order chi connectivity index (χ0) is 52.3. The normalized spacial score (nSPS) is 11.4. The number of benzene rings is 3. The lowest BCUT2D eigenvalue weighted by Gasteiger charge is -2.19. The number of carbonyl (C=O) groups excluding carboxylic acids is 4. The second-order valence-corrected chi connectivity index (χ2v) is 16.5. The van der Waals surface area contributed by atoms with Crippen LogP contribution in [0.1, 0.15) is 91.4 Å². The molecule has 0 aromatic heterocycles. The molecule has 400 valence electrons. The lowest BCUT2D eigenvalue weighted by molar-refractivity contribution is -0.155. The Balaban J connectivity index is 0.000000506. The summed E-state index contributed by atoms with van der Waals surface area (Å²) in [7, 11) is 1.62. The fourth-order valence-corrected chi connectivity index (χ4v) is 5.96. The van der Waals surface area contributed by atoms with Crippen molar-refractivity contribution in [2.75, 3.05) is 93.0 Å². The van der Waals surface area contributed by atoms with Gasteiger partial charge in [0.1, 0.15) is 42.8 Å². The van der Waals surface area contributed by atoms with Gasteiger partial charge in [0, 0.05) is 63.1 Å². The van der Waals surface area contributed by atoms with E-state index in [-0.39, 0.29) is 64.4 Å². The smallest absolute Gasteiger partial charge is 0.333 e. The molecular weight excluding hydrogens is 929 g/mol. The molecule has 0 N–H and O–H groups in total. The zero-order valence-corrected chi connectivity index (χ0v) is 43.2. The van der Waals surface area contributed by atoms with Gasteiger partial charge in [-0.25, -0.2) is 9.59 Å². The fraction of sp³-hybridized carbons (Fsp3) is 0.536. The lowest BCUT2D eigenvalue weighted by atomic mass is 10.2. The van der Waals surface area contributed by atoms with E-state index in [1.165, 1.54) is 0 Å². The number of unbranched alkanes of at least 4 members (excludes halogenated alkanes) is 4. The van der Waals surface area contributed by atoms with E-state index in [9.17, 15) is 19.2 Å². The molecule has 72 heavy (non-hydrogen) atoms. The van der Waals surface area contributed by atoms with Gasteiger partial charge < -0.3 is 56.8 Å². The molecule has 0 aliphatic heterocycles. The van der Waals surface area contributed by atoms with Crippen LogP contribution in [-0.2, 0) is 57.1 Å². The summed E-state index contributed by atoms with van der Waals surface area (Å²) in [5.74, 6) is 1.38. The van der Waals surface area contributed by atoms with Crippen LogP contribution in [0.2, 0.25) is 0 Å². The standard InChI is InChI=1S/C31H42O9.C25H38O7/c1-25(2)31(33)38-19-8-7-16-30(32)40-29(24-39-26-12-5-4-6-13-26)23-36-18-10-9-17-35-20-21-37-28-15-11-14-27(22-28)34-3;1-4-15-28-16-10-11-17-29-19-23(20-31-22-12-6-5-7-13-22)32-24(26)14-8-9-18-30-25(27)21(2)3/h4-6,11-15,22,29H,1,7-10,16-21,23-24H2,2-3H3;5-7,12-13,23H,2,4,8-11,14-20H2,1,3H3. The van der Waals surface area contributed by atoms with E-state index in [1.54, 1.807) is 21.0 Å². The van der Waals surface area contributed by atoms with Gasteiger partial charge in [-0.15, -0.1) is 0 Å². The van der Waals surface area contributed by atoms with E-state index in [2.05, 4.69) is 20.1 Å². The summed E-state index contributed by atoms with van der Waals surface area (Å²) in [6, 6.07) is 26.2. The summed E-state index contributed by atoms with van der Waals surface area (Å²) in [5.41, 5.74) is 0.711. The van der Waals surface area contributed by atoms with Crippen molar-refractivity contribution in [1.29, 1.82) is 0 Å². The maximum Gasteiger partial charge on any atom is 0.333 e. The van der Waals surface area contributed by atoms with Gasteiger partial charge in [-0.3, -0.25) is 9.59 Å². The monoisotopic (exact) mass is 1010 g/mol. The highest BCUT2D eigenvalue weighted by atomic mass is 16.6. The van der Waals surface area contributed by atoms with Gasteiger partial charge in [-0.2, -0.15) is 0 Å². The average Bonchev–Trinajstić information content (AvgIpc) is 3.38. The molecule has 0 aliphatic rings. The molecule has 2 atom stereocenters. The minimum atomic E-state index is -0.543. The Labute approximate surface area is 427 Å². The molecule has 0 fully saturated rings. The predicted octanol–water partition coefficient (Wildman–Crippen LogP) is 9.66. The van der Waals surface area contributed by atoms with Gasteiger partial charge in [-0.1, -0.05) is 62.5 Å². The number of methoxy groups -OCH3 is 1. The van der Waals surface area contributed by atoms with E-state index in [1.807, 2.05) is 84.9 Å². The second-order valence-electron chi connectivity index (χ2n) is 16.5. The minimum absolute atomic E-state index is 0.183. The SMILES string of the molecule is C=C(C)C(=O)OCCCCC(=O)OC(COCCCCOCCC)COc1ccccc1.C=C(C)C(=O)OCCCCC(=O)OC(COCCCCOCCOc1cccc(OC)c1)COc1ccccc1. The number of rotatable bonds is 41. The van der Waals surface area contributed by atoms with Crippen LogP contribution < -0.4 is 18.9 Å². The van der Waals surface area contributed by atoms with Gasteiger partial charge in [-0.05, 0) is 108 Å². The first-order chi connectivity index (χ1) is 35.0. The first-order valence-electron chi connectivity index (χ1n) is 25.0. The Morgan fingerprint density at radius 3 is 1.31 bits per heavy atom. The molecule has 0 spiro atoms. The lowest BCUT2D eigenvalue weighted by Crippen LogP contribution is -2.30. The molecule has 2 unspecified atom stereocenters. The molecule has 3 rings (SSSR count). The number of para-hydroxylation sites is 2. The highest BCUT2D eigenvalue weighted by molar-refractivity contribution is 5.87. The largest absolute Gasteiger partial charge is 0.497 e. The Hall–Kier alpha value is -5.94. The van der Waals surface area contributed by atoms with Crippen LogP contribution in [0.5, 0.6) is 23.0 Å². The molecule has 0 saturated carbocycles. The molecule has 0 amide bonds. The van der Waals surface area contributed by atoms with Crippen molar-refractivity contribution in [3.8, 4) is 23.0 Å². The van der Waals surface area contributed by atoms with Crippen LogP contribution in [0.25, 0.3) is 0 Å². The quantitative estimate of drug-likeness (QED) is 0.0227. The highest BCUT2D eigenvalue weighted by Gasteiger charge is 2.18. The van der Waals surface area contributed by atoms with Crippen LogP contribution in [0.4, 0.5) is 0 Å². The van der Waals surface area contributed by atoms with E-state index >= 15 is 0 Å². The molecule has 0 bridgehead atoms. The molecule has 16 heteroatoms. The predicted molar refractivity (Wildman–Crippen MR) is 273 cm³/mol. The third kappa shape index (κ3) is 33.6. The van der Waals surface area contributed by atoms with Gasteiger partial charge in [0.2, 0.25) is 0 Å². The molecule has 0 aliphatic carbocycles. The van der Waals surface area contributed by atoms with Gasteiger partial charge in [0.25, 0.3) is 0 Å². The topological polar surface area (TPSA) is 179 Å². The summed E-state index contributed by atoms with van der Waals surface area (Å²) >= 11 is 0. The summed E-state index contributed by atoms with van der Waals surface area (Å²) < 4.78 is 66.1. The van der Waals surface area contributed by atoms with Crippen LogP contribution >= 0.6 is 0 Å². The van der Waals surface area contributed by atoms with Crippen LogP contribution in [0.15, 0.2) is 109 Å². The molecule has 3 aromatic carbocycles. The van der Waals surface area contributed by atoms with Crippen LogP contribution in [-0.4, -0.2) is 129 Å². The van der Waals surface area contributed by atoms with Crippen molar-refractivity contribution in [3.05, 3.63) is 109 Å². The number of hydrogen-bond donors (Lipinski definition) is 0. The molecule has 16 nitrogen and oxygen atoms in total. The number of ether oxygens (including phenoxy) is 12. The van der Waals surface area contributed by atoms with Crippen molar-refractivity contribution in [2.45, 2.75) is 104 Å². The molecule has 0 heterocycles. The average molecular weight is 1010 g/mol. The Morgan fingerprint density at radius 1 is 0.444 bits per heavy atom. The minimum Gasteiger partial charge on any atom is -0.497 e. The first kappa shape index (κ1) is 62.2. The third-order valence-electron chi connectivity index (χ3n) is 9.82. The Morgan fingerprint density at radius 2 is 0.861 bits per heavy atom. The van der Waals surface area contributed by atoms with Crippen LogP contribution in [0.3, 0.4) is 0 Å².